The van der Waals surface area contributed by atoms with E-state index in [0.29, 0.717) is 0 Å². The van der Waals surface area contributed by atoms with Crippen LogP contribution in [0.3, 0.4) is 0 Å². The van der Waals surface area contributed by atoms with Crippen molar-refractivity contribution in [2.45, 2.75) is 18.3 Å². The molecule has 15 heavy (non-hydrogen) atoms. The minimum Gasteiger partial charge on any atom is -0.479 e. The van der Waals surface area contributed by atoms with Crippen LogP contribution < -0.4 is 0 Å². The van der Waals surface area contributed by atoms with Gasteiger partial charge in [-0.1, -0.05) is 30.3 Å². The van der Waals surface area contributed by atoms with Crippen molar-refractivity contribution in [1.82, 2.24) is 0 Å². The van der Waals surface area contributed by atoms with Gasteiger partial charge in [0.1, 0.15) is 0 Å². The largest absolute Gasteiger partial charge is 0.479 e. The number of thioether (sulfide) groups is 1. The molecule has 3 nitrogen and oxygen atoms in total. The Bertz CT molecular complexity index is 313. The van der Waals surface area contributed by atoms with E-state index < -0.39 is 12.1 Å². The highest BCUT2D eigenvalue weighted by atomic mass is 32.2. The van der Waals surface area contributed by atoms with Gasteiger partial charge in [0.15, 0.2) is 6.10 Å². The van der Waals surface area contributed by atoms with E-state index in [2.05, 4.69) is 0 Å². The maximum atomic E-state index is 10.4. The number of hydrogen-bond donors (Lipinski definition) is 2. The van der Waals surface area contributed by atoms with E-state index in [4.69, 9.17) is 10.2 Å². The SMILES string of the molecule is CC(SC[C@H](O)C(=O)O)c1ccccc1. The Balaban J connectivity index is 2.43. The van der Waals surface area contributed by atoms with Gasteiger partial charge >= 0.3 is 5.97 Å². The molecule has 1 aromatic rings. The van der Waals surface area contributed by atoms with E-state index in [0.717, 1.165) is 5.56 Å². The van der Waals surface area contributed by atoms with Gasteiger partial charge in [-0.15, -0.1) is 0 Å². The fraction of sp³-hybridized carbons (Fsp3) is 0.364. The van der Waals surface area contributed by atoms with Crippen molar-refractivity contribution in [3.63, 3.8) is 0 Å². The van der Waals surface area contributed by atoms with Crippen molar-refractivity contribution in [3.8, 4) is 0 Å². The van der Waals surface area contributed by atoms with Gasteiger partial charge in [-0.2, -0.15) is 11.8 Å². The average Bonchev–Trinajstić information content (AvgIpc) is 2.26. The second-order valence-corrected chi connectivity index (χ2v) is 4.61. The average molecular weight is 226 g/mol. The van der Waals surface area contributed by atoms with Crippen LogP contribution in [0.25, 0.3) is 0 Å². The number of benzene rings is 1. The van der Waals surface area contributed by atoms with Crippen LogP contribution in [0.15, 0.2) is 30.3 Å². The Morgan fingerprint density at radius 3 is 2.53 bits per heavy atom. The summed E-state index contributed by atoms with van der Waals surface area (Å²) in [4.78, 5) is 10.4. The number of hydrogen-bond acceptors (Lipinski definition) is 3. The molecule has 1 aromatic carbocycles. The highest BCUT2D eigenvalue weighted by molar-refractivity contribution is 7.99. The Morgan fingerprint density at radius 2 is 2.00 bits per heavy atom. The molecule has 0 aromatic heterocycles. The first-order valence-corrected chi connectivity index (χ1v) is 5.73. The lowest BCUT2D eigenvalue weighted by Crippen LogP contribution is -2.22. The summed E-state index contributed by atoms with van der Waals surface area (Å²) < 4.78 is 0. The molecule has 0 saturated carbocycles. The molecule has 4 heteroatoms. The van der Waals surface area contributed by atoms with Crippen LogP contribution in [-0.4, -0.2) is 28.0 Å². The lowest BCUT2D eigenvalue weighted by molar-refractivity contribution is -0.145. The maximum Gasteiger partial charge on any atom is 0.333 e. The first-order valence-electron chi connectivity index (χ1n) is 4.68. The lowest BCUT2D eigenvalue weighted by atomic mass is 10.2. The first-order chi connectivity index (χ1) is 7.11. The molecule has 0 bridgehead atoms. The minimum absolute atomic E-state index is 0.195. The van der Waals surface area contributed by atoms with Gasteiger partial charge in [-0.25, -0.2) is 4.79 Å². The molecule has 1 rings (SSSR count). The van der Waals surface area contributed by atoms with Crippen LogP contribution in [0, 0.1) is 0 Å². The second kappa shape index (κ2) is 5.78. The third-order valence-corrected chi connectivity index (χ3v) is 3.34. The van der Waals surface area contributed by atoms with Crippen LogP contribution in [-0.2, 0) is 4.79 Å². The fourth-order valence-corrected chi connectivity index (χ4v) is 2.09. The zero-order valence-corrected chi connectivity index (χ0v) is 9.28. The topological polar surface area (TPSA) is 57.5 Å². The summed E-state index contributed by atoms with van der Waals surface area (Å²) in [6.07, 6.45) is -1.28. The standard InChI is InChI=1S/C11H14O3S/c1-8(9-5-3-2-4-6-9)15-7-10(12)11(13)14/h2-6,8,10,12H,7H2,1H3,(H,13,14)/t8?,10-/m0/s1. The van der Waals surface area contributed by atoms with Crippen LogP contribution in [0.5, 0.6) is 0 Å². The number of carbonyl (C=O) groups is 1. The van der Waals surface area contributed by atoms with E-state index in [9.17, 15) is 4.79 Å². The Kier molecular flexibility index (Phi) is 4.65. The third kappa shape index (κ3) is 3.93. The maximum absolute atomic E-state index is 10.4. The van der Waals surface area contributed by atoms with Gasteiger partial charge < -0.3 is 10.2 Å². The monoisotopic (exact) mass is 226 g/mol. The summed E-state index contributed by atoms with van der Waals surface area (Å²) in [6, 6.07) is 9.81. The fourth-order valence-electron chi connectivity index (χ4n) is 1.13. The smallest absolute Gasteiger partial charge is 0.333 e. The predicted octanol–water partition coefficient (Wildman–Crippen LogP) is 1.93. The molecule has 0 saturated heterocycles. The van der Waals surface area contributed by atoms with E-state index >= 15 is 0 Å². The number of aliphatic hydroxyl groups is 1. The predicted molar refractivity (Wildman–Crippen MR) is 61.0 cm³/mol. The highest BCUT2D eigenvalue weighted by Crippen LogP contribution is 2.28. The summed E-state index contributed by atoms with van der Waals surface area (Å²) in [6.45, 7) is 1.99. The van der Waals surface area contributed by atoms with Gasteiger partial charge in [0.2, 0.25) is 0 Å². The molecular formula is C11H14O3S. The van der Waals surface area contributed by atoms with E-state index in [-0.39, 0.29) is 11.0 Å². The van der Waals surface area contributed by atoms with Crippen LogP contribution in [0.1, 0.15) is 17.7 Å². The molecule has 0 spiro atoms. The number of rotatable bonds is 5. The van der Waals surface area contributed by atoms with Crippen molar-refractivity contribution < 1.29 is 15.0 Å². The third-order valence-electron chi connectivity index (χ3n) is 2.06. The molecule has 0 fully saturated rings. The van der Waals surface area contributed by atoms with Crippen molar-refractivity contribution in [2.24, 2.45) is 0 Å². The quantitative estimate of drug-likeness (QED) is 0.805. The molecule has 2 atom stereocenters. The number of carboxylic acids is 1. The van der Waals surface area contributed by atoms with E-state index in [1.54, 1.807) is 0 Å². The van der Waals surface area contributed by atoms with E-state index in [1.807, 2.05) is 37.3 Å². The summed E-state index contributed by atoms with van der Waals surface area (Å²) in [5.41, 5.74) is 1.14. The molecular weight excluding hydrogens is 212 g/mol. The summed E-state index contributed by atoms with van der Waals surface area (Å²) in [5.74, 6) is -0.950. The normalized spacial score (nSPS) is 14.5. The van der Waals surface area contributed by atoms with Gasteiger partial charge in [0, 0.05) is 11.0 Å². The summed E-state index contributed by atoms with van der Waals surface area (Å²) in [5, 5.41) is 17.8. The zero-order valence-electron chi connectivity index (χ0n) is 8.46. The van der Waals surface area contributed by atoms with Gasteiger partial charge in [-0.05, 0) is 12.5 Å². The minimum atomic E-state index is -1.28. The number of carboxylic acid groups (broad SMARTS) is 1. The lowest BCUT2D eigenvalue weighted by Gasteiger charge is -2.12. The summed E-state index contributed by atoms with van der Waals surface area (Å²) in [7, 11) is 0. The summed E-state index contributed by atoms with van der Waals surface area (Å²) >= 11 is 1.44. The van der Waals surface area contributed by atoms with Crippen LogP contribution >= 0.6 is 11.8 Å². The zero-order chi connectivity index (χ0) is 11.3. The number of aliphatic carboxylic acids is 1. The Labute approximate surface area is 93.1 Å². The van der Waals surface area contributed by atoms with Crippen molar-refractivity contribution in [1.29, 1.82) is 0 Å². The molecule has 0 aliphatic rings. The second-order valence-electron chi connectivity index (χ2n) is 3.24. The molecule has 82 valence electrons. The van der Waals surface area contributed by atoms with Crippen LogP contribution in [0.2, 0.25) is 0 Å². The molecule has 0 radical (unpaired) electrons. The Morgan fingerprint density at radius 1 is 1.40 bits per heavy atom. The highest BCUT2D eigenvalue weighted by Gasteiger charge is 2.15. The molecule has 0 amide bonds. The first kappa shape index (κ1) is 12.1. The Hall–Kier alpha value is -1.00. The molecule has 2 N–H and O–H groups in total. The van der Waals surface area contributed by atoms with Gasteiger partial charge in [0.05, 0.1) is 0 Å². The van der Waals surface area contributed by atoms with Gasteiger partial charge in [0.25, 0.3) is 0 Å². The van der Waals surface area contributed by atoms with Crippen molar-refractivity contribution in [2.75, 3.05) is 5.75 Å². The van der Waals surface area contributed by atoms with Crippen molar-refractivity contribution >= 4 is 17.7 Å². The van der Waals surface area contributed by atoms with Crippen molar-refractivity contribution in [3.05, 3.63) is 35.9 Å². The van der Waals surface area contributed by atoms with E-state index in [1.165, 1.54) is 11.8 Å². The van der Waals surface area contributed by atoms with Gasteiger partial charge in [-0.3, -0.25) is 0 Å². The molecule has 0 heterocycles. The van der Waals surface area contributed by atoms with Crippen LogP contribution in [0.4, 0.5) is 0 Å². The molecule has 0 aliphatic heterocycles. The molecule has 0 aliphatic carbocycles. The molecule has 1 unspecified atom stereocenters. The number of aliphatic hydroxyl groups excluding tert-OH is 1.